The van der Waals surface area contributed by atoms with Gasteiger partial charge in [0.1, 0.15) is 11.5 Å². The van der Waals surface area contributed by atoms with Gasteiger partial charge in [-0.2, -0.15) is 4.72 Å². The molecule has 0 aliphatic rings. The summed E-state index contributed by atoms with van der Waals surface area (Å²) < 4.78 is 26.1. The summed E-state index contributed by atoms with van der Waals surface area (Å²) in [5.41, 5.74) is 5.46. The number of sulfonamides is 1. The first-order valence-corrected chi connectivity index (χ1v) is 7.35. The van der Waals surface area contributed by atoms with E-state index in [4.69, 9.17) is 22.4 Å². The molecular weight excluding hydrogens is 304 g/mol. The maximum Gasteiger partial charge on any atom is 0.242 e. The van der Waals surface area contributed by atoms with Crippen molar-refractivity contribution in [2.24, 2.45) is 5.73 Å². The van der Waals surface area contributed by atoms with Gasteiger partial charge in [0.05, 0.1) is 11.1 Å². The average Bonchev–Trinajstić information content (AvgIpc) is 2.35. The highest BCUT2D eigenvalue weighted by atomic mass is 35.5. The molecule has 1 aromatic rings. The second kappa shape index (κ2) is 6.72. The number of carbonyl (C=O) groups excluding carboxylic acids is 1. The van der Waals surface area contributed by atoms with Crippen molar-refractivity contribution in [2.75, 3.05) is 6.61 Å². The minimum atomic E-state index is -3.95. The highest BCUT2D eigenvalue weighted by molar-refractivity contribution is 7.89. The molecule has 20 heavy (non-hydrogen) atoms. The van der Waals surface area contributed by atoms with Crippen LogP contribution in [0.25, 0.3) is 0 Å². The Morgan fingerprint density at radius 1 is 1.55 bits per heavy atom. The third-order valence-corrected chi connectivity index (χ3v) is 4.32. The topological polar surface area (TPSA) is 109 Å². The highest BCUT2D eigenvalue weighted by Crippen LogP contribution is 2.22. The van der Waals surface area contributed by atoms with Crippen LogP contribution in [0.3, 0.4) is 0 Å². The average molecular weight is 317 g/mol. The van der Waals surface area contributed by atoms with E-state index in [9.17, 15) is 13.2 Å². The van der Waals surface area contributed by atoms with E-state index in [1.165, 1.54) is 25.1 Å². The number of nitrogens with two attached hydrogens (primary N) is 1. The van der Waals surface area contributed by atoms with Crippen LogP contribution in [0.4, 0.5) is 0 Å². The van der Waals surface area contributed by atoms with E-state index in [1.54, 1.807) is 0 Å². The minimum Gasteiger partial charge on any atom is -0.384 e. The van der Waals surface area contributed by atoms with Crippen molar-refractivity contribution >= 4 is 27.5 Å². The molecule has 4 N–H and O–H groups in total. The molecule has 1 unspecified atom stereocenters. The molecule has 1 aromatic carbocycles. The number of nitrogens with one attached hydrogen (secondary N) is 1. The van der Waals surface area contributed by atoms with Gasteiger partial charge in [0.15, 0.2) is 0 Å². The van der Waals surface area contributed by atoms with E-state index in [-0.39, 0.29) is 16.5 Å². The Balaban J connectivity index is 3.11. The van der Waals surface area contributed by atoms with E-state index in [0.717, 1.165) is 0 Å². The Labute approximate surface area is 122 Å². The van der Waals surface area contributed by atoms with Gasteiger partial charge in [-0.25, -0.2) is 8.42 Å². The zero-order valence-corrected chi connectivity index (χ0v) is 12.1. The number of hydrogen-bond acceptors (Lipinski definition) is 4. The summed E-state index contributed by atoms with van der Waals surface area (Å²) in [7, 11) is -3.95. The number of carbonyl (C=O) groups is 1. The van der Waals surface area contributed by atoms with E-state index in [0.29, 0.717) is 5.56 Å². The second-order valence-electron chi connectivity index (χ2n) is 3.85. The Morgan fingerprint density at radius 3 is 2.70 bits per heavy atom. The molecule has 0 saturated heterocycles. The zero-order valence-electron chi connectivity index (χ0n) is 10.6. The van der Waals surface area contributed by atoms with E-state index in [1.807, 2.05) is 0 Å². The SMILES string of the molecule is CC(NS(=O)(=O)c1ccc(C#CCO)cc1Cl)C(N)=O. The Kier molecular flexibility index (Phi) is 5.53. The lowest BCUT2D eigenvalue weighted by Crippen LogP contribution is -2.42. The Bertz CT molecular complexity index is 676. The fourth-order valence-corrected chi connectivity index (χ4v) is 3.05. The molecule has 0 bridgehead atoms. The molecule has 1 rings (SSSR count). The number of benzene rings is 1. The third kappa shape index (κ3) is 4.21. The summed E-state index contributed by atoms with van der Waals surface area (Å²) in [5, 5.41) is 8.53. The maximum atomic E-state index is 12.0. The predicted octanol–water partition coefficient (Wildman–Crippen LogP) is -0.164. The summed E-state index contributed by atoms with van der Waals surface area (Å²) in [6, 6.07) is 3.01. The van der Waals surface area contributed by atoms with Crippen LogP contribution in [0.15, 0.2) is 23.1 Å². The first-order valence-electron chi connectivity index (χ1n) is 5.49. The number of halogens is 1. The fraction of sp³-hybridized carbons (Fsp3) is 0.250. The van der Waals surface area contributed by atoms with Crippen molar-refractivity contribution in [1.29, 1.82) is 0 Å². The van der Waals surface area contributed by atoms with Gasteiger partial charge in [-0.3, -0.25) is 4.79 Å². The molecule has 0 aromatic heterocycles. The molecule has 0 saturated carbocycles. The number of aliphatic hydroxyl groups is 1. The molecule has 0 fully saturated rings. The molecular formula is C12H13ClN2O4S. The second-order valence-corrected chi connectivity index (χ2v) is 5.94. The van der Waals surface area contributed by atoms with Gasteiger partial charge in [-0.05, 0) is 25.1 Å². The van der Waals surface area contributed by atoms with Crippen LogP contribution in [-0.2, 0) is 14.8 Å². The summed E-state index contributed by atoms with van der Waals surface area (Å²) >= 11 is 5.89. The lowest BCUT2D eigenvalue weighted by molar-refractivity contribution is -0.119. The Morgan fingerprint density at radius 2 is 2.20 bits per heavy atom. The predicted molar refractivity (Wildman–Crippen MR) is 74.4 cm³/mol. The Hall–Kier alpha value is -1.59. The van der Waals surface area contributed by atoms with Crippen molar-refractivity contribution in [3.63, 3.8) is 0 Å². The van der Waals surface area contributed by atoms with Crippen molar-refractivity contribution in [3.05, 3.63) is 28.8 Å². The maximum absolute atomic E-state index is 12.0. The van der Waals surface area contributed by atoms with Crippen LogP contribution < -0.4 is 10.5 Å². The zero-order chi connectivity index (χ0) is 15.3. The first kappa shape index (κ1) is 16.5. The molecule has 8 heteroatoms. The van der Waals surface area contributed by atoms with Crippen LogP contribution in [0, 0.1) is 11.8 Å². The van der Waals surface area contributed by atoms with Gasteiger partial charge >= 0.3 is 0 Å². The van der Waals surface area contributed by atoms with E-state index < -0.39 is 22.0 Å². The smallest absolute Gasteiger partial charge is 0.242 e. The summed E-state index contributed by atoms with van der Waals surface area (Å²) in [5.74, 6) is 4.22. The van der Waals surface area contributed by atoms with Crippen molar-refractivity contribution in [2.45, 2.75) is 17.9 Å². The molecule has 0 heterocycles. The van der Waals surface area contributed by atoms with E-state index in [2.05, 4.69) is 16.6 Å². The van der Waals surface area contributed by atoms with Crippen LogP contribution in [0.1, 0.15) is 12.5 Å². The van der Waals surface area contributed by atoms with Crippen LogP contribution >= 0.6 is 11.6 Å². The van der Waals surface area contributed by atoms with Gasteiger partial charge in [0.2, 0.25) is 15.9 Å². The standard InChI is InChI=1S/C12H13ClN2O4S/c1-8(12(14)17)15-20(18,19)11-5-4-9(3-2-6-16)7-10(11)13/h4-5,7-8,15-16H,6H2,1H3,(H2,14,17). The molecule has 108 valence electrons. The van der Waals surface area contributed by atoms with Gasteiger partial charge in [-0.15, -0.1) is 0 Å². The molecule has 0 radical (unpaired) electrons. The van der Waals surface area contributed by atoms with Crippen molar-refractivity contribution < 1.29 is 18.3 Å². The lowest BCUT2D eigenvalue weighted by Gasteiger charge is -2.12. The molecule has 0 spiro atoms. The third-order valence-electron chi connectivity index (χ3n) is 2.29. The monoisotopic (exact) mass is 316 g/mol. The largest absolute Gasteiger partial charge is 0.384 e. The van der Waals surface area contributed by atoms with Crippen LogP contribution in [0.5, 0.6) is 0 Å². The number of aliphatic hydroxyl groups excluding tert-OH is 1. The lowest BCUT2D eigenvalue weighted by atomic mass is 10.2. The fourth-order valence-electron chi connectivity index (χ4n) is 1.29. The summed E-state index contributed by atoms with van der Waals surface area (Å²) in [6.45, 7) is 1.02. The van der Waals surface area contributed by atoms with Crippen LogP contribution in [-0.4, -0.2) is 32.1 Å². The normalized spacial score (nSPS) is 12.3. The summed E-state index contributed by atoms with van der Waals surface area (Å²) in [4.78, 5) is 10.7. The number of rotatable bonds is 4. The van der Waals surface area contributed by atoms with Gasteiger partial charge in [-0.1, -0.05) is 23.4 Å². The van der Waals surface area contributed by atoms with Crippen molar-refractivity contribution in [3.8, 4) is 11.8 Å². The molecule has 1 atom stereocenters. The molecule has 0 aliphatic heterocycles. The highest BCUT2D eigenvalue weighted by Gasteiger charge is 2.22. The van der Waals surface area contributed by atoms with Gasteiger partial charge in [0, 0.05) is 5.56 Å². The number of amides is 1. The molecule has 1 amide bonds. The quantitative estimate of drug-likeness (QED) is 0.670. The minimum absolute atomic E-state index is 0.0427. The van der Waals surface area contributed by atoms with E-state index >= 15 is 0 Å². The summed E-state index contributed by atoms with van der Waals surface area (Å²) in [6.07, 6.45) is 0. The van der Waals surface area contributed by atoms with Crippen LogP contribution in [0.2, 0.25) is 5.02 Å². The van der Waals surface area contributed by atoms with Gasteiger partial charge < -0.3 is 10.8 Å². The van der Waals surface area contributed by atoms with Crippen molar-refractivity contribution in [1.82, 2.24) is 4.72 Å². The van der Waals surface area contributed by atoms with Gasteiger partial charge in [0.25, 0.3) is 0 Å². The number of primary amides is 1. The molecule has 0 aliphatic carbocycles. The first-order chi connectivity index (χ1) is 9.27. The molecule has 6 nitrogen and oxygen atoms in total. The number of hydrogen-bond donors (Lipinski definition) is 3.